The van der Waals surface area contributed by atoms with Crippen LogP contribution in [0.25, 0.3) is 5.65 Å². The van der Waals surface area contributed by atoms with Gasteiger partial charge in [-0.05, 0) is 24.3 Å². The molecule has 0 aliphatic carbocycles. The molecule has 1 aliphatic rings. The smallest absolute Gasteiger partial charge is 0.264 e. The SMILES string of the molecule is O=C(c1ccc(Cl)s1)N1CCN(c2ccc3nccn3n2)CC1. The predicted molar refractivity (Wildman–Crippen MR) is 90.4 cm³/mol. The van der Waals surface area contributed by atoms with E-state index in [0.29, 0.717) is 22.3 Å². The Bertz CT molecular complexity index is 852. The number of carbonyl (C=O) groups excluding carboxylic acids is 1. The molecule has 0 N–H and O–H groups in total. The zero-order valence-electron chi connectivity index (χ0n) is 12.2. The van der Waals surface area contributed by atoms with Crippen molar-refractivity contribution in [2.24, 2.45) is 0 Å². The second kappa shape index (κ2) is 5.82. The van der Waals surface area contributed by atoms with Crippen molar-refractivity contribution in [2.75, 3.05) is 31.1 Å². The second-order valence-corrected chi connectivity index (χ2v) is 7.02. The van der Waals surface area contributed by atoms with Gasteiger partial charge in [-0.2, -0.15) is 0 Å². The highest BCUT2D eigenvalue weighted by Gasteiger charge is 2.24. The molecule has 3 aromatic rings. The number of rotatable bonds is 2. The summed E-state index contributed by atoms with van der Waals surface area (Å²) in [4.78, 5) is 21.4. The molecule has 6 nitrogen and oxygen atoms in total. The van der Waals surface area contributed by atoms with Crippen LogP contribution >= 0.6 is 22.9 Å². The standard InChI is InChI=1S/C15H14ClN5OS/c16-12-2-1-11(23-12)15(22)20-9-7-19(8-10-20)14-4-3-13-17-5-6-21(13)18-14/h1-6H,7-10H2. The van der Waals surface area contributed by atoms with Gasteiger partial charge < -0.3 is 9.80 Å². The molecule has 118 valence electrons. The van der Waals surface area contributed by atoms with E-state index in [1.54, 1.807) is 22.8 Å². The Morgan fingerprint density at radius 2 is 1.96 bits per heavy atom. The lowest BCUT2D eigenvalue weighted by molar-refractivity contribution is 0.0751. The maximum atomic E-state index is 12.4. The lowest BCUT2D eigenvalue weighted by Gasteiger charge is -2.35. The van der Waals surface area contributed by atoms with Crippen molar-refractivity contribution in [3.8, 4) is 0 Å². The maximum Gasteiger partial charge on any atom is 0.264 e. The molecule has 0 atom stereocenters. The van der Waals surface area contributed by atoms with Crippen molar-refractivity contribution in [2.45, 2.75) is 0 Å². The number of aromatic nitrogens is 3. The average molecular weight is 348 g/mol. The third kappa shape index (κ3) is 2.77. The Hall–Kier alpha value is -2.12. The number of hydrogen-bond donors (Lipinski definition) is 0. The fourth-order valence-electron chi connectivity index (χ4n) is 2.70. The molecule has 0 radical (unpaired) electrons. The fourth-order valence-corrected chi connectivity index (χ4v) is 3.71. The molecule has 1 saturated heterocycles. The zero-order valence-corrected chi connectivity index (χ0v) is 13.8. The van der Waals surface area contributed by atoms with Crippen LogP contribution in [0.15, 0.2) is 36.7 Å². The number of anilines is 1. The Morgan fingerprint density at radius 1 is 1.13 bits per heavy atom. The normalized spacial score (nSPS) is 15.3. The molecular formula is C15H14ClN5OS. The number of fused-ring (bicyclic) bond motifs is 1. The van der Waals surface area contributed by atoms with Gasteiger partial charge in [-0.1, -0.05) is 11.6 Å². The summed E-state index contributed by atoms with van der Waals surface area (Å²) in [5.41, 5.74) is 0.831. The topological polar surface area (TPSA) is 53.7 Å². The van der Waals surface area contributed by atoms with Crippen LogP contribution in [-0.2, 0) is 0 Å². The van der Waals surface area contributed by atoms with E-state index in [4.69, 9.17) is 11.6 Å². The second-order valence-electron chi connectivity index (χ2n) is 5.30. The van der Waals surface area contributed by atoms with Crippen LogP contribution in [0.3, 0.4) is 0 Å². The number of hydrogen-bond acceptors (Lipinski definition) is 5. The van der Waals surface area contributed by atoms with Gasteiger partial charge in [-0.3, -0.25) is 4.79 Å². The maximum absolute atomic E-state index is 12.4. The van der Waals surface area contributed by atoms with Gasteiger partial charge in [0.1, 0.15) is 5.82 Å². The molecule has 1 amide bonds. The molecule has 0 unspecified atom stereocenters. The average Bonchev–Trinajstić information content (AvgIpc) is 3.22. The number of carbonyl (C=O) groups is 1. The van der Waals surface area contributed by atoms with Gasteiger partial charge >= 0.3 is 0 Å². The summed E-state index contributed by atoms with van der Waals surface area (Å²) in [6.07, 6.45) is 3.56. The molecular weight excluding hydrogens is 334 g/mol. The van der Waals surface area contributed by atoms with Gasteiger partial charge in [0.2, 0.25) is 0 Å². The van der Waals surface area contributed by atoms with Crippen LogP contribution in [0.5, 0.6) is 0 Å². The van der Waals surface area contributed by atoms with Gasteiger partial charge in [0.05, 0.1) is 9.21 Å². The highest BCUT2D eigenvalue weighted by Crippen LogP contribution is 2.23. The Kier molecular flexibility index (Phi) is 3.66. The van der Waals surface area contributed by atoms with Gasteiger partial charge in [-0.25, -0.2) is 9.50 Å². The third-order valence-electron chi connectivity index (χ3n) is 3.92. The molecule has 1 aliphatic heterocycles. The van der Waals surface area contributed by atoms with Crippen LogP contribution in [0.2, 0.25) is 4.34 Å². The Morgan fingerprint density at radius 3 is 2.70 bits per heavy atom. The summed E-state index contributed by atoms with van der Waals surface area (Å²) in [5.74, 6) is 0.960. The summed E-state index contributed by atoms with van der Waals surface area (Å²) < 4.78 is 2.41. The van der Waals surface area contributed by atoms with E-state index >= 15 is 0 Å². The Balaban J connectivity index is 1.45. The molecule has 0 aromatic carbocycles. The summed E-state index contributed by atoms with van der Waals surface area (Å²) in [6, 6.07) is 7.47. The van der Waals surface area contributed by atoms with E-state index in [9.17, 15) is 4.79 Å². The number of imidazole rings is 1. The van der Waals surface area contributed by atoms with Crippen LogP contribution in [-0.4, -0.2) is 51.6 Å². The molecule has 0 spiro atoms. The van der Waals surface area contributed by atoms with Crippen molar-refractivity contribution < 1.29 is 4.79 Å². The Labute approximate surface area is 141 Å². The molecule has 3 aromatic heterocycles. The minimum atomic E-state index is 0.0552. The van der Waals surface area contributed by atoms with Gasteiger partial charge in [0.25, 0.3) is 5.91 Å². The molecule has 1 fully saturated rings. The number of thiophene rings is 1. The highest BCUT2D eigenvalue weighted by atomic mass is 35.5. The first-order chi connectivity index (χ1) is 11.2. The molecule has 8 heteroatoms. The van der Waals surface area contributed by atoms with E-state index in [2.05, 4.69) is 15.0 Å². The monoisotopic (exact) mass is 347 g/mol. The van der Waals surface area contributed by atoms with Gasteiger partial charge in [0, 0.05) is 38.6 Å². The van der Waals surface area contributed by atoms with Gasteiger partial charge in [-0.15, -0.1) is 16.4 Å². The summed E-state index contributed by atoms with van der Waals surface area (Å²) in [7, 11) is 0. The van der Waals surface area contributed by atoms with E-state index in [0.717, 1.165) is 24.6 Å². The molecule has 4 rings (SSSR count). The number of halogens is 1. The fraction of sp³-hybridized carbons (Fsp3) is 0.267. The molecule has 0 bridgehead atoms. The van der Waals surface area contributed by atoms with Crippen molar-refractivity contribution in [3.05, 3.63) is 45.9 Å². The molecule has 4 heterocycles. The van der Waals surface area contributed by atoms with E-state index in [1.807, 2.05) is 23.2 Å². The molecule has 0 saturated carbocycles. The van der Waals surface area contributed by atoms with Crippen LogP contribution < -0.4 is 4.90 Å². The van der Waals surface area contributed by atoms with Crippen LogP contribution in [0, 0.1) is 0 Å². The third-order valence-corrected chi connectivity index (χ3v) is 5.14. The first-order valence-corrected chi connectivity index (χ1v) is 8.50. The zero-order chi connectivity index (χ0) is 15.8. The summed E-state index contributed by atoms with van der Waals surface area (Å²) >= 11 is 7.24. The van der Waals surface area contributed by atoms with E-state index in [-0.39, 0.29) is 5.91 Å². The van der Waals surface area contributed by atoms with E-state index < -0.39 is 0 Å². The van der Waals surface area contributed by atoms with E-state index in [1.165, 1.54) is 11.3 Å². The van der Waals surface area contributed by atoms with Gasteiger partial charge in [0.15, 0.2) is 5.65 Å². The quantitative estimate of drug-likeness (QED) is 0.714. The first kappa shape index (κ1) is 14.5. The number of amides is 1. The predicted octanol–water partition coefficient (Wildman–Crippen LogP) is 2.41. The number of nitrogens with zero attached hydrogens (tertiary/aromatic N) is 5. The largest absolute Gasteiger partial charge is 0.352 e. The lowest BCUT2D eigenvalue weighted by Crippen LogP contribution is -2.49. The lowest BCUT2D eigenvalue weighted by atomic mass is 10.3. The van der Waals surface area contributed by atoms with Crippen molar-refractivity contribution in [3.63, 3.8) is 0 Å². The number of piperazine rings is 1. The van der Waals surface area contributed by atoms with Crippen LogP contribution in [0.1, 0.15) is 9.67 Å². The first-order valence-electron chi connectivity index (χ1n) is 7.31. The minimum Gasteiger partial charge on any atom is -0.352 e. The van der Waals surface area contributed by atoms with Crippen LogP contribution in [0.4, 0.5) is 5.82 Å². The minimum absolute atomic E-state index is 0.0552. The molecule has 23 heavy (non-hydrogen) atoms. The van der Waals surface area contributed by atoms with Crippen molar-refractivity contribution in [1.82, 2.24) is 19.5 Å². The highest BCUT2D eigenvalue weighted by molar-refractivity contribution is 7.17. The summed E-state index contributed by atoms with van der Waals surface area (Å²) in [6.45, 7) is 2.88. The van der Waals surface area contributed by atoms with Crippen molar-refractivity contribution >= 4 is 40.3 Å². The summed E-state index contributed by atoms with van der Waals surface area (Å²) in [5, 5.41) is 4.55. The van der Waals surface area contributed by atoms with Crippen molar-refractivity contribution in [1.29, 1.82) is 0 Å².